The molecule has 0 aliphatic carbocycles. The molecule has 0 spiro atoms. The van der Waals surface area contributed by atoms with E-state index in [1.54, 1.807) is 6.07 Å². The number of benzene rings is 1. The first-order valence-corrected chi connectivity index (χ1v) is 6.36. The molecule has 0 saturated heterocycles. The fourth-order valence-electron chi connectivity index (χ4n) is 1.55. The predicted octanol–water partition coefficient (Wildman–Crippen LogP) is 2.00. The highest BCUT2D eigenvalue weighted by molar-refractivity contribution is 7.99. The number of hydrogen-bond acceptors (Lipinski definition) is 6. The van der Waals surface area contributed by atoms with Crippen molar-refractivity contribution in [1.29, 1.82) is 0 Å². The quantitative estimate of drug-likeness (QED) is 0.707. The molecule has 3 N–H and O–H groups in total. The van der Waals surface area contributed by atoms with E-state index in [-0.39, 0.29) is 0 Å². The van der Waals surface area contributed by atoms with Crippen LogP contribution in [0, 0.1) is 0 Å². The number of nitrogens with one attached hydrogen (secondary N) is 1. The van der Waals surface area contributed by atoms with Gasteiger partial charge in [-0.2, -0.15) is 5.10 Å². The minimum atomic E-state index is 0.427. The van der Waals surface area contributed by atoms with Crippen LogP contribution in [0.3, 0.4) is 0 Å². The first kappa shape index (κ1) is 11.7. The Labute approximate surface area is 113 Å². The van der Waals surface area contributed by atoms with E-state index in [2.05, 4.69) is 25.1 Å². The van der Waals surface area contributed by atoms with E-state index >= 15 is 0 Å². The van der Waals surface area contributed by atoms with Crippen LogP contribution in [0.4, 0.5) is 5.82 Å². The zero-order valence-corrected chi connectivity index (χ0v) is 10.6. The van der Waals surface area contributed by atoms with Crippen molar-refractivity contribution in [2.24, 2.45) is 0 Å². The SMILES string of the molecule is Nc1cc(Sc2ncn[nH]2)nc(-c2ccccc2)n1. The van der Waals surface area contributed by atoms with Crippen LogP contribution in [0.2, 0.25) is 0 Å². The second-order valence-corrected chi connectivity index (χ2v) is 4.72. The minimum absolute atomic E-state index is 0.427. The van der Waals surface area contributed by atoms with Crippen LogP contribution in [0.25, 0.3) is 11.4 Å². The minimum Gasteiger partial charge on any atom is -0.384 e. The highest BCUT2D eigenvalue weighted by atomic mass is 32.2. The number of hydrogen-bond donors (Lipinski definition) is 2. The van der Waals surface area contributed by atoms with Gasteiger partial charge in [0.05, 0.1) is 0 Å². The van der Waals surface area contributed by atoms with Crippen LogP contribution in [0.15, 0.2) is 52.9 Å². The Kier molecular flexibility index (Phi) is 3.11. The Morgan fingerprint density at radius 2 is 1.95 bits per heavy atom. The lowest BCUT2D eigenvalue weighted by atomic mass is 10.2. The van der Waals surface area contributed by atoms with Crippen LogP contribution >= 0.6 is 11.8 Å². The molecule has 2 heterocycles. The highest BCUT2D eigenvalue weighted by Gasteiger charge is 2.07. The largest absolute Gasteiger partial charge is 0.384 e. The molecule has 0 atom stereocenters. The molecule has 0 bridgehead atoms. The second kappa shape index (κ2) is 5.07. The first-order valence-electron chi connectivity index (χ1n) is 5.54. The van der Waals surface area contributed by atoms with E-state index in [9.17, 15) is 0 Å². The van der Waals surface area contributed by atoms with Gasteiger partial charge in [-0.3, -0.25) is 5.10 Å². The normalized spacial score (nSPS) is 10.5. The number of aromatic nitrogens is 5. The summed E-state index contributed by atoms with van der Waals surface area (Å²) in [6.45, 7) is 0. The van der Waals surface area contributed by atoms with Crippen molar-refractivity contribution in [3.05, 3.63) is 42.7 Å². The van der Waals surface area contributed by atoms with E-state index in [1.165, 1.54) is 18.1 Å². The van der Waals surface area contributed by atoms with Gasteiger partial charge in [-0.05, 0) is 11.8 Å². The average Bonchev–Trinajstić information content (AvgIpc) is 2.92. The number of nitrogen functional groups attached to an aromatic ring is 1. The number of H-pyrrole nitrogens is 1. The van der Waals surface area contributed by atoms with Gasteiger partial charge >= 0.3 is 0 Å². The van der Waals surface area contributed by atoms with Crippen molar-refractivity contribution in [3.63, 3.8) is 0 Å². The molecule has 3 rings (SSSR count). The van der Waals surface area contributed by atoms with Gasteiger partial charge < -0.3 is 5.73 Å². The Balaban J connectivity index is 1.97. The number of aromatic amines is 1. The van der Waals surface area contributed by atoms with E-state index < -0.39 is 0 Å². The zero-order chi connectivity index (χ0) is 13.1. The molecule has 19 heavy (non-hydrogen) atoms. The molecule has 3 aromatic rings. The maximum Gasteiger partial charge on any atom is 0.189 e. The molecule has 0 radical (unpaired) electrons. The zero-order valence-electron chi connectivity index (χ0n) is 9.82. The highest BCUT2D eigenvalue weighted by Crippen LogP contribution is 2.25. The fraction of sp³-hybridized carbons (Fsp3) is 0. The van der Waals surface area contributed by atoms with Crippen molar-refractivity contribution >= 4 is 17.6 Å². The lowest BCUT2D eigenvalue weighted by Crippen LogP contribution is -1.97. The summed E-state index contributed by atoms with van der Waals surface area (Å²) in [5, 5.41) is 7.94. The molecule has 94 valence electrons. The number of nitrogens with zero attached hydrogens (tertiary/aromatic N) is 4. The van der Waals surface area contributed by atoms with E-state index in [0.29, 0.717) is 16.8 Å². The molecule has 7 heteroatoms. The van der Waals surface area contributed by atoms with Crippen LogP contribution in [-0.2, 0) is 0 Å². The fourth-order valence-corrected chi connectivity index (χ4v) is 2.26. The summed E-state index contributed by atoms with van der Waals surface area (Å²) < 4.78 is 0. The molecule has 0 unspecified atom stereocenters. The third kappa shape index (κ3) is 2.71. The van der Waals surface area contributed by atoms with Gasteiger partial charge in [-0.15, -0.1) is 0 Å². The van der Waals surface area contributed by atoms with Crippen LogP contribution in [0.1, 0.15) is 0 Å². The van der Waals surface area contributed by atoms with Crippen molar-refractivity contribution in [2.75, 3.05) is 5.73 Å². The van der Waals surface area contributed by atoms with Gasteiger partial charge in [0, 0.05) is 11.6 Å². The van der Waals surface area contributed by atoms with Crippen molar-refractivity contribution in [2.45, 2.75) is 10.2 Å². The molecule has 6 nitrogen and oxygen atoms in total. The van der Waals surface area contributed by atoms with Crippen LogP contribution < -0.4 is 5.73 Å². The third-order valence-corrected chi connectivity index (χ3v) is 3.16. The summed E-state index contributed by atoms with van der Waals surface area (Å²) in [4.78, 5) is 12.7. The van der Waals surface area contributed by atoms with Crippen LogP contribution in [0.5, 0.6) is 0 Å². The molecule has 0 amide bonds. The lowest BCUT2D eigenvalue weighted by Gasteiger charge is -2.04. The summed E-state index contributed by atoms with van der Waals surface area (Å²) in [7, 11) is 0. The first-order chi connectivity index (χ1) is 9.31. The summed E-state index contributed by atoms with van der Waals surface area (Å²) in [5.41, 5.74) is 6.74. The number of nitrogens with two attached hydrogens (primary N) is 1. The molecule has 2 aromatic heterocycles. The van der Waals surface area contributed by atoms with E-state index in [1.807, 2.05) is 30.3 Å². The van der Waals surface area contributed by atoms with E-state index in [0.717, 1.165) is 10.6 Å². The Morgan fingerprint density at radius 3 is 2.68 bits per heavy atom. The standard InChI is InChI=1S/C12H10N6S/c13-9-6-10(19-12-14-7-15-18-12)17-11(16-9)8-4-2-1-3-5-8/h1-7H,(H2,13,16,17)(H,14,15,18). The lowest BCUT2D eigenvalue weighted by molar-refractivity contribution is 0.964. The van der Waals surface area contributed by atoms with E-state index in [4.69, 9.17) is 5.73 Å². The molecule has 1 aromatic carbocycles. The topological polar surface area (TPSA) is 93.4 Å². The van der Waals surface area contributed by atoms with Crippen molar-refractivity contribution in [3.8, 4) is 11.4 Å². The van der Waals surface area contributed by atoms with Gasteiger partial charge in [0.2, 0.25) is 0 Å². The average molecular weight is 270 g/mol. The molecule has 0 fully saturated rings. The summed E-state index contributed by atoms with van der Waals surface area (Å²) in [6, 6.07) is 11.4. The van der Waals surface area contributed by atoms with Gasteiger partial charge in [-0.1, -0.05) is 30.3 Å². The molecule has 0 aliphatic rings. The van der Waals surface area contributed by atoms with Crippen molar-refractivity contribution < 1.29 is 0 Å². The second-order valence-electron chi connectivity index (χ2n) is 3.71. The Hall–Kier alpha value is -2.41. The summed E-state index contributed by atoms with van der Waals surface area (Å²) in [6.07, 6.45) is 1.45. The van der Waals surface area contributed by atoms with Gasteiger partial charge in [0.15, 0.2) is 11.0 Å². The van der Waals surface area contributed by atoms with Crippen LogP contribution in [-0.4, -0.2) is 25.1 Å². The smallest absolute Gasteiger partial charge is 0.189 e. The summed E-state index contributed by atoms with van der Waals surface area (Å²) in [5.74, 6) is 1.03. The summed E-state index contributed by atoms with van der Waals surface area (Å²) >= 11 is 1.36. The van der Waals surface area contributed by atoms with Gasteiger partial charge in [0.1, 0.15) is 17.2 Å². The number of anilines is 1. The molecular weight excluding hydrogens is 260 g/mol. The molecule has 0 aliphatic heterocycles. The van der Waals surface area contributed by atoms with Crippen molar-refractivity contribution in [1.82, 2.24) is 25.1 Å². The maximum absolute atomic E-state index is 5.82. The van der Waals surface area contributed by atoms with Gasteiger partial charge in [-0.25, -0.2) is 15.0 Å². The monoisotopic (exact) mass is 270 g/mol. The Morgan fingerprint density at radius 1 is 1.11 bits per heavy atom. The molecule has 0 saturated carbocycles. The number of rotatable bonds is 3. The molecular formula is C12H10N6S. The van der Waals surface area contributed by atoms with Gasteiger partial charge in [0.25, 0.3) is 0 Å². The maximum atomic E-state index is 5.82. The Bertz CT molecular complexity index is 668. The third-order valence-electron chi connectivity index (χ3n) is 2.35. The predicted molar refractivity (Wildman–Crippen MR) is 72.4 cm³/mol.